The number of benzene rings is 2. The second-order valence-corrected chi connectivity index (χ2v) is 7.29. The minimum absolute atomic E-state index is 0.00809. The van der Waals surface area contributed by atoms with Crippen molar-refractivity contribution < 1.29 is 4.79 Å². The van der Waals surface area contributed by atoms with Crippen molar-refractivity contribution >= 4 is 16.8 Å². The Kier molecular flexibility index (Phi) is 6.32. The fourth-order valence-corrected chi connectivity index (χ4v) is 3.46. The Morgan fingerprint density at radius 2 is 1.62 bits per heavy atom. The first-order valence-electron chi connectivity index (χ1n) is 10.1. The van der Waals surface area contributed by atoms with Gasteiger partial charge in [0.05, 0.1) is 17.4 Å². The molecular weight excluding hydrogens is 366 g/mol. The van der Waals surface area contributed by atoms with Crippen molar-refractivity contribution in [2.24, 2.45) is 0 Å². The molecule has 3 aromatic rings. The summed E-state index contributed by atoms with van der Waals surface area (Å²) in [4.78, 5) is 39.4. The fourth-order valence-electron chi connectivity index (χ4n) is 3.46. The summed E-state index contributed by atoms with van der Waals surface area (Å²) < 4.78 is 2.69. The lowest BCUT2D eigenvalue weighted by Gasteiger charge is -2.23. The van der Waals surface area contributed by atoms with Gasteiger partial charge in [0.15, 0.2) is 0 Å². The Bertz CT molecular complexity index is 1120. The molecule has 0 saturated carbocycles. The average molecular weight is 393 g/mol. The van der Waals surface area contributed by atoms with Crippen molar-refractivity contribution in [3.8, 4) is 0 Å². The summed E-state index contributed by atoms with van der Waals surface area (Å²) in [5.74, 6) is -0.209. The van der Waals surface area contributed by atoms with Crippen LogP contribution < -0.4 is 16.6 Å². The first-order valence-corrected chi connectivity index (χ1v) is 10.1. The van der Waals surface area contributed by atoms with Crippen molar-refractivity contribution in [1.82, 2.24) is 14.5 Å². The summed E-state index contributed by atoms with van der Waals surface area (Å²) in [6.45, 7) is 5.96. The Labute approximate surface area is 169 Å². The SMILES string of the molecule is CC[C@H](C)NC(=O)[C@H](CC)n1c(=O)n(Cc2ccccc2)c(=O)c2ccccc21. The third-order valence-corrected chi connectivity index (χ3v) is 5.26. The Hall–Kier alpha value is -3.15. The summed E-state index contributed by atoms with van der Waals surface area (Å²) in [5, 5.41) is 3.40. The molecule has 1 N–H and O–H groups in total. The van der Waals surface area contributed by atoms with E-state index in [4.69, 9.17) is 0 Å². The number of fused-ring (bicyclic) bond motifs is 1. The Balaban J connectivity index is 2.21. The molecule has 0 aliphatic carbocycles. The summed E-state index contributed by atoms with van der Waals surface area (Å²) in [6, 6.07) is 15.7. The highest BCUT2D eigenvalue weighted by atomic mass is 16.2. The van der Waals surface area contributed by atoms with Crippen LogP contribution in [-0.2, 0) is 11.3 Å². The van der Waals surface area contributed by atoms with Crippen LogP contribution in [0.15, 0.2) is 64.2 Å². The number of nitrogens with zero attached hydrogens (tertiary/aromatic N) is 2. The summed E-state index contributed by atoms with van der Waals surface area (Å²) in [7, 11) is 0. The third kappa shape index (κ3) is 4.16. The van der Waals surface area contributed by atoms with Crippen molar-refractivity contribution in [2.75, 3.05) is 0 Å². The predicted molar refractivity (Wildman–Crippen MR) is 115 cm³/mol. The largest absolute Gasteiger partial charge is 0.352 e. The number of para-hydroxylation sites is 1. The van der Waals surface area contributed by atoms with E-state index < -0.39 is 11.7 Å². The van der Waals surface area contributed by atoms with Gasteiger partial charge in [0, 0.05) is 6.04 Å². The maximum absolute atomic E-state index is 13.4. The van der Waals surface area contributed by atoms with E-state index in [1.165, 1.54) is 9.13 Å². The van der Waals surface area contributed by atoms with Crippen LogP contribution >= 0.6 is 0 Å². The van der Waals surface area contributed by atoms with Crippen LogP contribution in [-0.4, -0.2) is 21.1 Å². The fraction of sp³-hybridized carbons (Fsp3) is 0.348. The molecule has 29 heavy (non-hydrogen) atoms. The van der Waals surface area contributed by atoms with Gasteiger partial charge in [-0.25, -0.2) is 4.79 Å². The lowest BCUT2D eigenvalue weighted by atomic mass is 10.1. The van der Waals surface area contributed by atoms with E-state index >= 15 is 0 Å². The third-order valence-electron chi connectivity index (χ3n) is 5.26. The van der Waals surface area contributed by atoms with E-state index in [1.54, 1.807) is 24.3 Å². The van der Waals surface area contributed by atoms with E-state index in [2.05, 4.69) is 5.32 Å². The number of rotatable bonds is 7. The monoisotopic (exact) mass is 393 g/mol. The van der Waals surface area contributed by atoms with Gasteiger partial charge in [-0.3, -0.25) is 18.7 Å². The summed E-state index contributed by atoms with van der Waals surface area (Å²) in [6.07, 6.45) is 1.24. The van der Waals surface area contributed by atoms with Crippen LogP contribution in [0.2, 0.25) is 0 Å². The molecule has 1 amide bonds. The Morgan fingerprint density at radius 3 is 2.28 bits per heavy atom. The van der Waals surface area contributed by atoms with Gasteiger partial charge in [0.25, 0.3) is 5.56 Å². The molecule has 0 aliphatic heterocycles. The zero-order valence-corrected chi connectivity index (χ0v) is 17.1. The number of hydrogen-bond donors (Lipinski definition) is 1. The molecule has 2 aromatic carbocycles. The first kappa shape index (κ1) is 20.6. The highest BCUT2D eigenvalue weighted by Crippen LogP contribution is 2.17. The normalized spacial score (nSPS) is 13.2. The number of aromatic nitrogens is 2. The quantitative estimate of drug-likeness (QED) is 0.670. The topological polar surface area (TPSA) is 73.1 Å². The lowest BCUT2D eigenvalue weighted by Crippen LogP contribution is -2.46. The molecule has 0 bridgehead atoms. The molecule has 152 valence electrons. The molecular formula is C23H27N3O3. The van der Waals surface area contributed by atoms with Gasteiger partial charge in [0.2, 0.25) is 5.91 Å². The first-order chi connectivity index (χ1) is 14.0. The maximum Gasteiger partial charge on any atom is 0.332 e. The molecule has 0 aliphatic rings. The van der Waals surface area contributed by atoms with Crippen LogP contribution in [0.4, 0.5) is 0 Å². The molecule has 0 saturated heterocycles. The second-order valence-electron chi connectivity index (χ2n) is 7.29. The number of carbonyl (C=O) groups is 1. The van der Waals surface area contributed by atoms with Gasteiger partial charge < -0.3 is 5.32 Å². The molecule has 2 atom stereocenters. The second kappa shape index (κ2) is 8.90. The zero-order chi connectivity index (χ0) is 21.0. The molecule has 6 nitrogen and oxygen atoms in total. The minimum atomic E-state index is -0.691. The molecule has 0 unspecified atom stereocenters. The number of hydrogen-bond acceptors (Lipinski definition) is 3. The number of carbonyl (C=O) groups excluding carboxylic acids is 1. The molecule has 0 fully saturated rings. The van der Waals surface area contributed by atoms with Gasteiger partial charge in [0.1, 0.15) is 6.04 Å². The molecule has 1 aromatic heterocycles. The standard InChI is InChI=1S/C23H27N3O3/c1-4-16(3)24-21(27)19(5-2)26-20-14-10-9-13-18(20)22(28)25(23(26)29)15-17-11-7-6-8-12-17/h6-14,16,19H,4-5,15H2,1-3H3,(H,24,27)/t16-,19-/m0/s1. The van der Waals surface area contributed by atoms with E-state index in [-0.39, 0.29) is 24.1 Å². The minimum Gasteiger partial charge on any atom is -0.352 e. The summed E-state index contributed by atoms with van der Waals surface area (Å²) in [5.41, 5.74) is 0.523. The van der Waals surface area contributed by atoms with Crippen LogP contribution in [0, 0.1) is 0 Å². The van der Waals surface area contributed by atoms with Crippen LogP contribution in [0.25, 0.3) is 10.9 Å². The molecule has 0 radical (unpaired) electrons. The highest BCUT2D eigenvalue weighted by molar-refractivity contribution is 5.84. The van der Waals surface area contributed by atoms with Gasteiger partial charge in [-0.05, 0) is 37.5 Å². The van der Waals surface area contributed by atoms with Crippen LogP contribution in [0.3, 0.4) is 0 Å². The average Bonchev–Trinajstić information content (AvgIpc) is 2.74. The lowest BCUT2D eigenvalue weighted by molar-refractivity contribution is -0.125. The Morgan fingerprint density at radius 1 is 0.966 bits per heavy atom. The van der Waals surface area contributed by atoms with Crippen molar-refractivity contribution in [1.29, 1.82) is 0 Å². The van der Waals surface area contributed by atoms with E-state index in [0.29, 0.717) is 17.3 Å². The van der Waals surface area contributed by atoms with Gasteiger partial charge in [-0.15, -0.1) is 0 Å². The van der Waals surface area contributed by atoms with Crippen molar-refractivity contribution in [3.05, 3.63) is 81.0 Å². The predicted octanol–water partition coefficient (Wildman–Crippen LogP) is 3.08. The molecule has 6 heteroatoms. The zero-order valence-electron chi connectivity index (χ0n) is 17.1. The van der Waals surface area contributed by atoms with Gasteiger partial charge in [-0.1, -0.05) is 56.3 Å². The number of amides is 1. The maximum atomic E-state index is 13.4. The molecule has 3 rings (SSSR count). The molecule has 1 heterocycles. The van der Waals surface area contributed by atoms with E-state index in [1.807, 2.05) is 51.1 Å². The molecule has 0 spiro atoms. The summed E-state index contributed by atoms with van der Waals surface area (Å²) >= 11 is 0. The number of nitrogens with one attached hydrogen (secondary N) is 1. The van der Waals surface area contributed by atoms with Gasteiger partial charge in [-0.2, -0.15) is 0 Å². The van der Waals surface area contributed by atoms with Crippen LogP contribution in [0.5, 0.6) is 0 Å². The smallest absolute Gasteiger partial charge is 0.332 e. The van der Waals surface area contributed by atoms with Crippen molar-refractivity contribution in [2.45, 2.75) is 52.2 Å². The highest BCUT2D eigenvalue weighted by Gasteiger charge is 2.25. The van der Waals surface area contributed by atoms with Gasteiger partial charge >= 0.3 is 5.69 Å². The van der Waals surface area contributed by atoms with Crippen molar-refractivity contribution in [3.63, 3.8) is 0 Å². The van der Waals surface area contributed by atoms with E-state index in [0.717, 1.165) is 12.0 Å². The van der Waals surface area contributed by atoms with E-state index in [9.17, 15) is 14.4 Å². The van der Waals surface area contributed by atoms with Crippen LogP contribution in [0.1, 0.15) is 45.2 Å².